The van der Waals surface area contributed by atoms with Gasteiger partial charge in [0.05, 0.1) is 0 Å². The summed E-state index contributed by atoms with van der Waals surface area (Å²) in [6.07, 6.45) is 0. The average Bonchev–Trinajstić information content (AvgIpc) is 2.21. The maximum atomic E-state index is 12.7. The number of hydrogen-bond acceptors (Lipinski definition) is 1. The molecule has 0 aliphatic heterocycles. The molecule has 0 bridgehead atoms. The second-order valence-corrected chi connectivity index (χ2v) is 3.08. The summed E-state index contributed by atoms with van der Waals surface area (Å²) in [5.41, 5.74) is 11.0. The number of nitrogens with one attached hydrogen (secondary N) is 1. The fraction of sp³-hybridized carbons (Fsp3) is 0.200. The Morgan fingerprint density at radius 1 is 1.38 bits per heavy atom. The van der Waals surface area contributed by atoms with Gasteiger partial charge in [0.25, 0.3) is 0 Å². The predicted molar refractivity (Wildman–Crippen MR) is 63.0 cm³/mol. The molecule has 1 aromatic carbocycles. The first-order valence-corrected chi connectivity index (χ1v) is 4.76. The van der Waals surface area contributed by atoms with Crippen molar-refractivity contribution in [3.05, 3.63) is 30.1 Å². The van der Waals surface area contributed by atoms with Gasteiger partial charge in [-0.05, 0) is 31.2 Å². The maximum absolute atomic E-state index is 12.7. The van der Waals surface area contributed by atoms with Crippen LogP contribution in [-0.2, 0) is 0 Å². The van der Waals surface area contributed by atoms with Crippen LogP contribution in [0.15, 0.2) is 29.3 Å². The van der Waals surface area contributed by atoms with Crippen LogP contribution in [-0.4, -0.2) is 18.5 Å². The molecule has 0 amide bonds. The van der Waals surface area contributed by atoms with Gasteiger partial charge in [-0.1, -0.05) is 0 Å². The third-order valence-electron chi connectivity index (χ3n) is 1.95. The minimum Gasteiger partial charge on any atom is -0.370 e. The largest absolute Gasteiger partial charge is 0.370 e. The van der Waals surface area contributed by atoms with Gasteiger partial charge in [-0.15, -0.1) is 0 Å². The van der Waals surface area contributed by atoms with E-state index in [0.717, 1.165) is 0 Å². The fourth-order valence-electron chi connectivity index (χ4n) is 1.26. The quantitative estimate of drug-likeness (QED) is 0.513. The Morgan fingerprint density at radius 2 is 1.94 bits per heavy atom. The number of nitrogens with two attached hydrogens (primary N) is 2. The van der Waals surface area contributed by atoms with Crippen molar-refractivity contribution in [2.75, 3.05) is 11.4 Å². The van der Waals surface area contributed by atoms with Gasteiger partial charge in [-0.3, -0.25) is 5.41 Å². The number of guanidine groups is 2. The van der Waals surface area contributed by atoms with E-state index in [0.29, 0.717) is 12.2 Å². The zero-order chi connectivity index (χ0) is 12.1. The van der Waals surface area contributed by atoms with Crippen molar-refractivity contribution in [2.24, 2.45) is 16.5 Å². The summed E-state index contributed by atoms with van der Waals surface area (Å²) in [5.74, 6) is -0.576. The predicted octanol–water partition coefficient (Wildman–Crippen LogP) is 0.860. The van der Waals surface area contributed by atoms with E-state index in [-0.39, 0.29) is 17.7 Å². The van der Waals surface area contributed by atoms with Gasteiger partial charge < -0.3 is 16.4 Å². The van der Waals surface area contributed by atoms with Crippen molar-refractivity contribution in [1.82, 2.24) is 0 Å². The first-order chi connectivity index (χ1) is 7.54. The molecule has 0 aliphatic carbocycles. The van der Waals surface area contributed by atoms with Crippen LogP contribution in [0.2, 0.25) is 0 Å². The van der Waals surface area contributed by atoms with Gasteiger partial charge in [-0.25, -0.2) is 4.39 Å². The molecule has 86 valence electrons. The summed E-state index contributed by atoms with van der Waals surface area (Å²) in [4.78, 5) is 5.19. The lowest BCUT2D eigenvalue weighted by Gasteiger charge is -2.20. The highest BCUT2D eigenvalue weighted by atomic mass is 19.1. The van der Waals surface area contributed by atoms with Crippen LogP contribution in [0, 0.1) is 11.2 Å². The standard InChI is InChI=1S/C10H14FN5/c1-2-16(10(14)15-9(12)13)8-5-3-7(11)4-6-8/h3-6H,2H2,1H3,(H5,12,13,14,15). The average molecular weight is 223 g/mol. The first-order valence-electron chi connectivity index (χ1n) is 4.76. The molecule has 0 saturated carbocycles. The van der Waals surface area contributed by atoms with E-state index in [1.807, 2.05) is 6.92 Å². The summed E-state index contributed by atoms with van der Waals surface area (Å²) in [6.45, 7) is 2.36. The van der Waals surface area contributed by atoms with Crippen LogP contribution in [0.1, 0.15) is 6.92 Å². The Hall–Kier alpha value is -2.11. The molecule has 5 N–H and O–H groups in total. The SMILES string of the molecule is CCN(C(=N)N=C(N)N)c1ccc(F)cc1. The number of nitrogens with zero attached hydrogens (tertiary/aromatic N) is 2. The number of rotatable bonds is 2. The Bertz CT molecular complexity index is 394. The molecule has 1 aromatic rings. The molecule has 1 rings (SSSR count). The summed E-state index contributed by atoms with van der Waals surface area (Å²) in [5, 5.41) is 7.65. The molecular formula is C10H14FN5. The molecule has 0 atom stereocenters. The molecule has 0 radical (unpaired) electrons. The summed E-state index contributed by atoms with van der Waals surface area (Å²) < 4.78 is 12.7. The Kier molecular flexibility index (Phi) is 3.82. The van der Waals surface area contributed by atoms with Gasteiger partial charge in [0.1, 0.15) is 5.82 Å². The number of aliphatic imine (C=N–C) groups is 1. The third kappa shape index (κ3) is 2.94. The summed E-state index contributed by atoms with van der Waals surface area (Å²) >= 11 is 0. The minimum atomic E-state index is -0.326. The summed E-state index contributed by atoms with van der Waals surface area (Å²) in [6, 6.07) is 5.77. The zero-order valence-electron chi connectivity index (χ0n) is 8.94. The molecule has 0 aromatic heterocycles. The molecule has 0 saturated heterocycles. The lowest BCUT2D eigenvalue weighted by atomic mass is 10.3. The zero-order valence-corrected chi connectivity index (χ0v) is 8.94. The van der Waals surface area contributed by atoms with E-state index in [2.05, 4.69) is 4.99 Å². The molecule has 0 spiro atoms. The van der Waals surface area contributed by atoms with E-state index in [4.69, 9.17) is 16.9 Å². The Morgan fingerprint density at radius 3 is 2.38 bits per heavy atom. The van der Waals surface area contributed by atoms with Crippen molar-refractivity contribution < 1.29 is 4.39 Å². The van der Waals surface area contributed by atoms with E-state index >= 15 is 0 Å². The van der Waals surface area contributed by atoms with Crippen LogP contribution in [0.5, 0.6) is 0 Å². The monoisotopic (exact) mass is 223 g/mol. The van der Waals surface area contributed by atoms with Crippen molar-refractivity contribution in [3.8, 4) is 0 Å². The van der Waals surface area contributed by atoms with Crippen molar-refractivity contribution in [2.45, 2.75) is 6.92 Å². The van der Waals surface area contributed by atoms with Gasteiger partial charge in [0, 0.05) is 12.2 Å². The summed E-state index contributed by atoms with van der Waals surface area (Å²) in [7, 11) is 0. The number of anilines is 1. The molecule has 0 fully saturated rings. The van der Waals surface area contributed by atoms with E-state index < -0.39 is 0 Å². The first kappa shape index (κ1) is 12.0. The van der Waals surface area contributed by atoms with E-state index in [1.165, 1.54) is 12.1 Å². The Balaban J connectivity index is 2.94. The maximum Gasteiger partial charge on any atom is 0.225 e. The smallest absolute Gasteiger partial charge is 0.225 e. The van der Waals surface area contributed by atoms with Crippen LogP contribution in [0.3, 0.4) is 0 Å². The van der Waals surface area contributed by atoms with Crippen molar-refractivity contribution in [1.29, 1.82) is 5.41 Å². The lowest BCUT2D eigenvalue weighted by Crippen LogP contribution is -2.33. The molecule has 0 aliphatic rings. The van der Waals surface area contributed by atoms with Crippen LogP contribution >= 0.6 is 0 Å². The van der Waals surface area contributed by atoms with Gasteiger partial charge in [-0.2, -0.15) is 4.99 Å². The second kappa shape index (κ2) is 5.11. The highest BCUT2D eigenvalue weighted by Gasteiger charge is 2.09. The number of benzene rings is 1. The van der Waals surface area contributed by atoms with Crippen LogP contribution in [0.4, 0.5) is 10.1 Å². The van der Waals surface area contributed by atoms with Crippen LogP contribution < -0.4 is 16.4 Å². The lowest BCUT2D eigenvalue weighted by molar-refractivity contribution is 0.628. The highest BCUT2D eigenvalue weighted by molar-refractivity contribution is 6.01. The van der Waals surface area contributed by atoms with Gasteiger partial charge >= 0.3 is 0 Å². The number of halogens is 1. The van der Waals surface area contributed by atoms with E-state index in [1.54, 1.807) is 17.0 Å². The normalized spacial score (nSPS) is 9.62. The molecule has 0 unspecified atom stereocenters. The second-order valence-electron chi connectivity index (χ2n) is 3.08. The van der Waals surface area contributed by atoms with Crippen molar-refractivity contribution in [3.63, 3.8) is 0 Å². The highest BCUT2D eigenvalue weighted by Crippen LogP contribution is 2.15. The van der Waals surface area contributed by atoms with Crippen molar-refractivity contribution >= 4 is 17.6 Å². The Labute approximate surface area is 93.1 Å². The molecule has 6 heteroatoms. The molecule has 0 heterocycles. The van der Waals surface area contributed by atoms with E-state index in [9.17, 15) is 4.39 Å². The topological polar surface area (TPSA) is 91.5 Å². The van der Waals surface area contributed by atoms with Gasteiger partial charge in [0.2, 0.25) is 5.96 Å². The number of hydrogen-bond donors (Lipinski definition) is 3. The minimum absolute atomic E-state index is 0.0749. The third-order valence-corrected chi connectivity index (χ3v) is 1.95. The molecule has 5 nitrogen and oxygen atoms in total. The fourth-order valence-corrected chi connectivity index (χ4v) is 1.26. The molecule has 16 heavy (non-hydrogen) atoms. The van der Waals surface area contributed by atoms with Gasteiger partial charge in [0.15, 0.2) is 5.96 Å². The van der Waals surface area contributed by atoms with Crippen LogP contribution in [0.25, 0.3) is 0 Å². The molecular weight excluding hydrogens is 209 g/mol.